The van der Waals surface area contributed by atoms with Gasteiger partial charge in [-0.15, -0.1) is 0 Å². The molecule has 1 aliphatic heterocycles. The van der Waals surface area contributed by atoms with Crippen molar-refractivity contribution < 1.29 is 14.1 Å². The first-order chi connectivity index (χ1) is 8.18. The van der Waals surface area contributed by atoms with Crippen LogP contribution in [-0.2, 0) is 0 Å². The number of nitrogens with zero attached hydrogens (tertiary/aromatic N) is 1. The zero-order chi connectivity index (χ0) is 12.3. The molecule has 0 aliphatic carbocycles. The quantitative estimate of drug-likeness (QED) is 0.628. The summed E-state index contributed by atoms with van der Waals surface area (Å²) in [5.74, 6) is -0.420. The molecular formula is C11H13FN2O3. The molecule has 1 aromatic carbocycles. The fourth-order valence-corrected chi connectivity index (χ4v) is 1.66. The second-order valence-corrected chi connectivity index (χ2v) is 4.01. The molecule has 17 heavy (non-hydrogen) atoms. The predicted octanol–water partition coefficient (Wildman–Crippen LogP) is 1.72. The Balaban J connectivity index is 2.00. The molecule has 6 heteroatoms. The van der Waals surface area contributed by atoms with Crippen molar-refractivity contribution in [3.8, 4) is 5.75 Å². The summed E-state index contributed by atoms with van der Waals surface area (Å²) in [5.41, 5.74) is -0.322. The lowest BCUT2D eigenvalue weighted by Crippen LogP contribution is -2.42. The number of nitro groups is 1. The summed E-state index contributed by atoms with van der Waals surface area (Å²) in [4.78, 5) is 10.1. The SMILES string of the molecule is O=[N+]([O-])c1cccc(F)c1OCCC1CNC1. The molecule has 0 saturated carbocycles. The Morgan fingerprint density at radius 1 is 1.53 bits per heavy atom. The average Bonchev–Trinajstić information content (AvgIpc) is 2.23. The maximum Gasteiger partial charge on any atom is 0.314 e. The van der Waals surface area contributed by atoms with Crippen molar-refractivity contribution in [2.24, 2.45) is 5.92 Å². The number of nitro benzene ring substituents is 1. The van der Waals surface area contributed by atoms with Gasteiger partial charge in [0.2, 0.25) is 5.75 Å². The second kappa shape index (κ2) is 5.09. The lowest BCUT2D eigenvalue weighted by Gasteiger charge is -2.26. The van der Waals surface area contributed by atoms with Crippen LogP contribution in [-0.4, -0.2) is 24.6 Å². The number of hydrogen-bond donors (Lipinski definition) is 1. The van der Waals surface area contributed by atoms with E-state index in [1.165, 1.54) is 12.1 Å². The van der Waals surface area contributed by atoms with E-state index in [1.807, 2.05) is 0 Å². The topological polar surface area (TPSA) is 64.4 Å². The zero-order valence-corrected chi connectivity index (χ0v) is 9.19. The van der Waals surface area contributed by atoms with E-state index in [0.29, 0.717) is 12.5 Å². The van der Waals surface area contributed by atoms with Crippen LogP contribution in [0.4, 0.5) is 10.1 Å². The normalized spacial score (nSPS) is 15.4. The Kier molecular flexibility index (Phi) is 3.53. The predicted molar refractivity (Wildman–Crippen MR) is 59.5 cm³/mol. The van der Waals surface area contributed by atoms with Crippen molar-refractivity contribution in [2.45, 2.75) is 6.42 Å². The van der Waals surface area contributed by atoms with E-state index in [9.17, 15) is 14.5 Å². The standard InChI is InChI=1S/C11H13FN2O3/c12-9-2-1-3-10(14(15)16)11(9)17-5-4-8-6-13-7-8/h1-3,8,13H,4-7H2. The number of nitrogens with one attached hydrogen (secondary N) is 1. The van der Waals surface area contributed by atoms with E-state index < -0.39 is 10.7 Å². The smallest absolute Gasteiger partial charge is 0.314 e. The van der Waals surface area contributed by atoms with Crippen LogP contribution in [0.15, 0.2) is 18.2 Å². The monoisotopic (exact) mass is 240 g/mol. The van der Waals surface area contributed by atoms with Gasteiger partial charge in [0.1, 0.15) is 0 Å². The number of halogens is 1. The second-order valence-electron chi connectivity index (χ2n) is 4.01. The molecule has 2 rings (SSSR count). The minimum atomic E-state index is -0.689. The molecule has 1 aromatic rings. The fourth-order valence-electron chi connectivity index (χ4n) is 1.66. The Morgan fingerprint density at radius 3 is 2.88 bits per heavy atom. The number of ether oxygens (including phenoxy) is 1. The third-order valence-corrected chi connectivity index (χ3v) is 2.78. The molecule has 0 bridgehead atoms. The van der Waals surface area contributed by atoms with Gasteiger partial charge in [-0.05, 0) is 31.5 Å². The van der Waals surface area contributed by atoms with Crippen molar-refractivity contribution in [1.29, 1.82) is 0 Å². The Morgan fingerprint density at radius 2 is 2.29 bits per heavy atom. The van der Waals surface area contributed by atoms with Gasteiger partial charge in [-0.2, -0.15) is 0 Å². The third kappa shape index (κ3) is 2.71. The highest BCUT2D eigenvalue weighted by molar-refractivity contribution is 5.46. The van der Waals surface area contributed by atoms with Crippen LogP contribution in [0.5, 0.6) is 5.75 Å². The van der Waals surface area contributed by atoms with E-state index in [0.717, 1.165) is 25.6 Å². The number of rotatable bonds is 5. The van der Waals surface area contributed by atoms with E-state index >= 15 is 0 Å². The van der Waals surface area contributed by atoms with E-state index in [-0.39, 0.29) is 11.4 Å². The van der Waals surface area contributed by atoms with Crippen molar-refractivity contribution >= 4 is 5.69 Å². The van der Waals surface area contributed by atoms with Gasteiger partial charge in [-0.1, -0.05) is 6.07 Å². The Bertz CT molecular complexity index is 421. The van der Waals surface area contributed by atoms with Crippen molar-refractivity contribution in [2.75, 3.05) is 19.7 Å². The molecular weight excluding hydrogens is 227 g/mol. The Labute approximate surface area is 97.7 Å². The van der Waals surface area contributed by atoms with Gasteiger partial charge in [-0.25, -0.2) is 4.39 Å². The maximum atomic E-state index is 13.4. The Hall–Kier alpha value is -1.69. The summed E-state index contributed by atoms with van der Waals surface area (Å²) in [6.45, 7) is 2.17. The minimum absolute atomic E-state index is 0.259. The van der Waals surface area contributed by atoms with Crippen LogP contribution in [0.3, 0.4) is 0 Å². The molecule has 92 valence electrons. The first kappa shape index (κ1) is 11.8. The van der Waals surface area contributed by atoms with Crippen molar-refractivity contribution in [3.63, 3.8) is 0 Å². The lowest BCUT2D eigenvalue weighted by molar-refractivity contribution is -0.386. The summed E-state index contributed by atoms with van der Waals surface area (Å²) in [6.07, 6.45) is 0.776. The molecule has 0 radical (unpaired) electrons. The summed E-state index contributed by atoms with van der Waals surface area (Å²) in [7, 11) is 0. The molecule has 1 aliphatic rings. The molecule has 5 nitrogen and oxygen atoms in total. The zero-order valence-electron chi connectivity index (χ0n) is 9.19. The highest BCUT2D eigenvalue weighted by Crippen LogP contribution is 2.29. The van der Waals surface area contributed by atoms with Crippen LogP contribution in [0, 0.1) is 21.8 Å². The van der Waals surface area contributed by atoms with Crippen LogP contribution >= 0.6 is 0 Å². The van der Waals surface area contributed by atoms with E-state index in [2.05, 4.69) is 5.32 Å². The summed E-state index contributed by atoms with van der Waals surface area (Å²) in [5, 5.41) is 13.8. The number of para-hydroxylation sites is 1. The maximum absolute atomic E-state index is 13.4. The number of benzene rings is 1. The minimum Gasteiger partial charge on any atom is -0.485 e. The summed E-state index contributed by atoms with van der Waals surface area (Å²) in [6, 6.07) is 3.70. The average molecular weight is 240 g/mol. The van der Waals surface area contributed by atoms with Crippen LogP contribution < -0.4 is 10.1 Å². The van der Waals surface area contributed by atoms with Crippen molar-refractivity contribution in [3.05, 3.63) is 34.1 Å². The molecule has 0 amide bonds. The molecule has 1 N–H and O–H groups in total. The van der Waals surface area contributed by atoms with Crippen molar-refractivity contribution in [1.82, 2.24) is 5.32 Å². The van der Waals surface area contributed by atoms with Crippen LogP contribution in [0.25, 0.3) is 0 Å². The molecule has 0 atom stereocenters. The van der Waals surface area contributed by atoms with E-state index in [1.54, 1.807) is 0 Å². The third-order valence-electron chi connectivity index (χ3n) is 2.78. The molecule has 0 spiro atoms. The molecule has 1 saturated heterocycles. The summed E-state index contributed by atoms with van der Waals surface area (Å²) >= 11 is 0. The van der Waals surface area contributed by atoms with Crippen LogP contribution in [0.2, 0.25) is 0 Å². The van der Waals surface area contributed by atoms with Gasteiger partial charge in [-0.3, -0.25) is 10.1 Å². The largest absolute Gasteiger partial charge is 0.485 e. The summed E-state index contributed by atoms with van der Waals surface area (Å²) < 4.78 is 18.6. The highest BCUT2D eigenvalue weighted by atomic mass is 19.1. The number of hydrogen-bond acceptors (Lipinski definition) is 4. The highest BCUT2D eigenvalue weighted by Gasteiger charge is 2.21. The van der Waals surface area contributed by atoms with Gasteiger partial charge in [0, 0.05) is 6.07 Å². The first-order valence-corrected chi connectivity index (χ1v) is 5.45. The molecule has 0 unspecified atom stereocenters. The first-order valence-electron chi connectivity index (χ1n) is 5.45. The molecule has 1 heterocycles. The fraction of sp³-hybridized carbons (Fsp3) is 0.455. The van der Waals surface area contributed by atoms with Gasteiger partial charge in [0.25, 0.3) is 0 Å². The lowest BCUT2D eigenvalue weighted by atomic mass is 10.0. The van der Waals surface area contributed by atoms with Gasteiger partial charge < -0.3 is 10.1 Å². The van der Waals surface area contributed by atoms with Gasteiger partial charge in [0.15, 0.2) is 5.82 Å². The van der Waals surface area contributed by atoms with Crippen LogP contribution in [0.1, 0.15) is 6.42 Å². The van der Waals surface area contributed by atoms with Gasteiger partial charge in [0.05, 0.1) is 11.5 Å². The van der Waals surface area contributed by atoms with E-state index in [4.69, 9.17) is 4.74 Å². The van der Waals surface area contributed by atoms with Gasteiger partial charge >= 0.3 is 5.69 Å². The molecule has 0 aromatic heterocycles. The molecule has 1 fully saturated rings.